The fourth-order valence-electron chi connectivity index (χ4n) is 2.96. The zero-order chi connectivity index (χ0) is 16.1. The van der Waals surface area contributed by atoms with E-state index in [0.29, 0.717) is 13.1 Å². The number of benzene rings is 1. The Morgan fingerprint density at radius 1 is 1.26 bits per heavy atom. The van der Waals surface area contributed by atoms with E-state index in [-0.39, 0.29) is 5.91 Å². The number of fused-ring (bicyclic) bond motifs is 1. The predicted molar refractivity (Wildman–Crippen MR) is 91.4 cm³/mol. The lowest BCUT2D eigenvalue weighted by Crippen LogP contribution is -3.28. The van der Waals surface area contributed by atoms with Gasteiger partial charge in [0, 0.05) is 0 Å². The number of hydrogen-bond acceptors (Lipinski definition) is 3. The molecule has 1 aromatic heterocycles. The Bertz CT molecular complexity index is 680. The van der Waals surface area contributed by atoms with Gasteiger partial charge in [-0.15, -0.1) is 17.8 Å². The highest BCUT2D eigenvalue weighted by atomic mass is 32.1. The first-order valence-corrected chi connectivity index (χ1v) is 8.78. The van der Waals surface area contributed by atoms with Crippen molar-refractivity contribution in [2.45, 2.75) is 6.54 Å². The van der Waals surface area contributed by atoms with Crippen molar-refractivity contribution in [2.24, 2.45) is 0 Å². The van der Waals surface area contributed by atoms with E-state index >= 15 is 0 Å². The Kier molecular flexibility index (Phi) is 5.23. The monoisotopic (exact) mass is 330 g/mol. The van der Waals surface area contributed by atoms with Crippen LogP contribution in [0.2, 0.25) is 0 Å². The van der Waals surface area contributed by atoms with Gasteiger partial charge in [0.1, 0.15) is 37.7 Å². The molecule has 1 amide bonds. The van der Waals surface area contributed by atoms with Gasteiger partial charge in [-0.1, -0.05) is 18.1 Å². The molecule has 1 aliphatic rings. The molecule has 5 nitrogen and oxygen atoms in total. The number of thiazole rings is 1. The summed E-state index contributed by atoms with van der Waals surface area (Å²) in [7, 11) is 0. The van der Waals surface area contributed by atoms with Crippen molar-refractivity contribution in [2.75, 3.05) is 39.3 Å². The minimum absolute atomic E-state index is 0.0487. The number of carbonyl (C=O) groups excluding carboxylic acids is 1. The van der Waals surface area contributed by atoms with Crippen LogP contribution in [-0.2, 0) is 11.3 Å². The third kappa shape index (κ3) is 4.29. The average Bonchev–Trinajstić information content (AvgIpc) is 2.97. The number of nitrogens with zero attached hydrogens (tertiary/aromatic N) is 1. The van der Waals surface area contributed by atoms with Crippen molar-refractivity contribution < 1.29 is 14.6 Å². The molecule has 0 saturated carbocycles. The van der Waals surface area contributed by atoms with Crippen LogP contribution in [0.3, 0.4) is 0 Å². The van der Waals surface area contributed by atoms with Crippen LogP contribution in [0.5, 0.6) is 0 Å². The van der Waals surface area contributed by atoms with Crippen LogP contribution < -0.4 is 15.1 Å². The minimum Gasteiger partial charge on any atom is -0.340 e. The predicted octanol–water partition coefficient (Wildman–Crippen LogP) is -1.67. The van der Waals surface area contributed by atoms with E-state index < -0.39 is 0 Å². The summed E-state index contributed by atoms with van der Waals surface area (Å²) in [4.78, 5) is 19.3. The first kappa shape index (κ1) is 15.9. The Labute approximate surface area is 140 Å². The number of quaternary nitrogens is 2. The van der Waals surface area contributed by atoms with Crippen LogP contribution in [0.4, 0.5) is 0 Å². The molecule has 2 heterocycles. The molecular formula is C17H22N4OS+2. The van der Waals surface area contributed by atoms with Crippen LogP contribution in [0.15, 0.2) is 24.3 Å². The van der Waals surface area contributed by atoms with Gasteiger partial charge in [0.15, 0.2) is 6.54 Å². The number of rotatable bonds is 5. The summed E-state index contributed by atoms with van der Waals surface area (Å²) in [5.41, 5.74) is 1.10. The zero-order valence-electron chi connectivity index (χ0n) is 13.1. The Balaban J connectivity index is 1.47. The van der Waals surface area contributed by atoms with Gasteiger partial charge in [-0.25, -0.2) is 4.98 Å². The van der Waals surface area contributed by atoms with Crippen LogP contribution in [0.25, 0.3) is 10.2 Å². The van der Waals surface area contributed by atoms with Crippen LogP contribution in [0.1, 0.15) is 5.01 Å². The van der Waals surface area contributed by atoms with Crippen molar-refractivity contribution in [1.29, 1.82) is 0 Å². The van der Waals surface area contributed by atoms with Gasteiger partial charge in [-0.3, -0.25) is 4.79 Å². The van der Waals surface area contributed by atoms with Crippen molar-refractivity contribution in [3.8, 4) is 12.3 Å². The fourth-order valence-corrected chi connectivity index (χ4v) is 4.00. The molecule has 0 atom stereocenters. The van der Waals surface area contributed by atoms with E-state index in [4.69, 9.17) is 11.4 Å². The number of terminal acetylenes is 1. The van der Waals surface area contributed by atoms with Gasteiger partial charge in [0.05, 0.1) is 16.8 Å². The molecule has 3 rings (SSSR count). The molecule has 0 bridgehead atoms. The summed E-state index contributed by atoms with van der Waals surface area (Å²) in [5.74, 6) is 2.48. The maximum atomic E-state index is 11.7. The molecule has 0 aliphatic carbocycles. The summed E-state index contributed by atoms with van der Waals surface area (Å²) in [6, 6.07) is 8.29. The fraction of sp³-hybridized carbons (Fsp3) is 0.412. The summed E-state index contributed by atoms with van der Waals surface area (Å²) in [5, 5.41) is 3.94. The quantitative estimate of drug-likeness (QED) is 0.574. The Morgan fingerprint density at radius 2 is 2.00 bits per heavy atom. The third-order valence-electron chi connectivity index (χ3n) is 4.20. The van der Waals surface area contributed by atoms with Gasteiger partial charge < -0.3 is 15.1 Å². The molecule has 23 heavy (non-hydrogen) atoms. The first-order valence-electron chi connectivity index (χ1n) is 7.96. The van der Waals surface area contributed by atoms with Gasteiger partial charge in [-0.2, -0.15) is 0 Å². The lowest BCUT2D eigenvalue weighted by Gasteiger charge is -2.28. The van der Waals surface area contributed by atoms with E-state index in [1.54, 1.807) is 16.2 Å². The second-order valence-corrected chi connectivity index (χ2v) is 7.02. The Hall–Kier alpha value is -1.94. The summed E-state index contributed by atoms with van der Waals surface area (Å²) >= 11 is 1.79. The number of carbonyl (C=O) groups is 1. The van der Waals surface area contributed by atoms with Crippen molar-refractivity contribution in [3.05, 3.63) is 29.3 Å². The van der Waals surface area contributed by atoms with E-state index in [2.05, 4.69) is 29.4 Å². The second kappa shape index (κ2) is 7.55. The molecule has 0 radical (unpaired) electrons. The molecule has 3 N–H and O–H groups in total. The number of hydrogen-bond donors (Lipinski definition) is 3. The van der Waals surface area contributed by atoms with E-state index in [0.717, 1.165) is 38.2 Å². The minimum atomic E-state index is 0.0487. The summed E-state index contributed by atoms with van der Waals surface area (Å²) < 4.78 is 1.26. The average molecular weight is 330 g/mol. The molecule has 120 valence electrons. The molecule has 6 heteroatoms. The number of nitrogens with one attached hydrogen (secondary N) is 3. The normalized spacial score (nSPS) is 21.0. The lowest BCUT2D eigenvalue weighted by molar-refractivity contribution is -1.02. The molecule has 2 aromatic rings. The van der Waals surface area contributed by atoms with E-state index in [1.807, 2.05) is 6.07 Å². The molecule has 1 aromatic carbocycles. The third-order valence-corrected chi connectivity index (χ3v) is 5.24. The number of aromatic nitrogens is 1. The second-order valence-electron chi connectivity index (χ2n) is 5.91. The SMILES string of the molecule is C#CCNC(=O)C[NH+]1CC[NH+](Cc2nc3ccccc3s2)CC1. The van der Waals surface area contributed by atoms with Crippen molar-refractivity contribution in [3.63, 3.8) is 0 Å². The number of para-hydroxylation sites is 1. The van der Waals surface area contributed by atoms with Crippen molar-refractivity contribution in [1.82, 2.24) is 10.3 Å². The molecule has 0 spiro atoms. The smallest absolute Gasteiger partial charge is 0.275 e. The Morgan fingerprint density at radius 3 is 2.74 bits per heavy atom. The molecule has 1 saturated heterocycles. The van der Waals surface area contributed by atoms with Gasteiger partial charge in [-0.05, 0) is 12.1 Å². The molecule has 0 unspecified atom stereocenters. The highest BCUT2D eigenvalue weighted by Crippen LogP contribution is 2.20. The lowest BCUT2D eigenvalue weighted by atomic mass is 10.3. The van der Waals surface area contributed by atoms with Crippen LogP contribution in [-0.4, -0.2) is 50.2 Å². The maximum Gasteiger partial charge on any atom is 0.275 e. The topological polar surface area (TPSA) is 50.9 Å². The standard InChI is InChI=1S/C17H20N4OS/c1-2-7-18-16(22)12-20-8-10-21(11-9-20)13-17-19-14-5-3-4-6-15(14)23-17/h1,3-6H,7-13H2,(H,18,22)/p+2. The number of amides is 1. The van der Waals surface area contributed by atoms with Gasteiger partial charge >= 0.3 is 0 Å². The first-order chi connectivity index (χ1) is 11.2. The number of piperazine rings is 1. The van der Waals surface area contributed by atoms with E-state index in [1.165, 1.54) is 14.6 Å². The molecule has 1 fully saturated rings. The highest BCUT2D eigenvalue weighted by Gasteiger charge is 2.25. The van der Waals surface area contributed by atoms with Crippen molar-refractivity contribution >= 4 is 27.5 Å². The van der Waals surface area contributed by atoms with Gasteiger partial charge in [0.2, 0.25) is 0 Å². The largest absolute Gasteiger partial charge is 0.340 e. The molecule has 1 aliphatic heterocycles. The van der Waals surface area contributed by atoms with E-state index in [9.17, 15) is 4.79 Å². The summed E-state index contributed by atoms with van der Waals surface area (Å²) in [6.45, 7) is 6.02. The van der Waals surface area contributed by atoms with Gasteiger partial charge in [0.25, 0.3) is 5.91 Å². The maximum absolute atomic E-state index is 11.7. The van der Waals surface area contributed by atoms with Crippen LogP contribution >= 0.6 is 11.3 Å². The molecular weight excluding hydrogens is 308 g/mol. The van der Waals surface area contributed by atoms with Crippen LogP contribution in [0, 0.1) is 12.3 Å². The highest BCUT2D eigenvalue weighted by molar-refractivity contribution is 7.18. The summed E-state index contributed by atoms with van der Waals surface area (Å²) in [6.07, 6.45) is 5.15. The zero-order valence-corrected chi connectivity index (χ0v) is 13.9.